The molecule has 1 heterocycles. The third-order valence-electron chi connectivity index (χ3n) is 4.73. The van der Waals surface area contributed by atoms with Gasteiger partial charge in [-0.3, -0.25) is 4.99 Å². The number of halogens is 3. The molecule has 2 N–H and O–H groups in total. The van der Waals surface area contributed by atoms with Crippen LogP contribution in [0.3, 0.4) is 0 Å². The third kappa shape index (κ3) is 6.02. The fourth-order valence-corrected chi connectivity index (χ4v) is 3.10. The van der Waals surface area contributed by atoms with Crippen molar-refractivity contribution in [3.05, 3.63) is 64.7 Å². The van der Waals surface area contributed by atoms with E-state index in [1.54, 1.807) is 13.1 Å². The van der Waals surface area contributed by atoms with Crippen LogP contribution in [0.25, 0.3) is 0 Å². The molecule has 29 heavy (non-hydrogen) atoms. The molecule has 0 radical (unpaired) electrons. The van der Waals surface area contributed by atoms with E-state index < -0.39 is 0 Å². The monoisotopic (exact) mass is 517 g/mol. The van der Waals surface area contributed by atoms with Gasteiger partial charge in [0.05, 0.1) is 6.61 Å². The molecule has 5 nitrogen and oxygen atoms in total. The summed E-state index contributed by atoms with van der Waals surface area (Å²) in [6.07, 6.45) is 0. The maximum absolute atomic E-state index is 13.9. The summed E-state index contributed by atoms with van der Waals surface area (Å²) < 4.78 is 38.1. The van der Waals surface area contributed by atoms with Gasteiger partial charge in [0.2, 0.25) is 0 Å². The van der Waals surface area contributed by atoms with Gasteiger partial charge < -0.3 is 20.1 Å². The van der Waals surface area contributed by atoms with E-state index in [0.717, 1.165) is 5.56 Å². The minimum atomic E-state index is -0.333. The van der Waals surface area contributed by atoms with Crippen LogP contribution in [0.2, 0.25) is 0 Å². The van der Waals surface area contributed by atoms with Crippen molar-refractivity contribution in [2.75, 3.05) is 20.4 Å². The van der Waals surface area contributed by atoms with E-state index in [2.05, 4.69) is 15.6 Å². The molecule has 0 aromatic heterocycles. The molecule has 8 heteroatoms. The Hall–Kier alpha value is -1.94. The Morgan fingerprint density at radius 3 is 2.66 bits per heavy atom. The summed E-state index contributed by atoms with van der Waals surface area (Å²) in [6.45, 7) is 5.43. The van der Waals surface area contributed by atoms with Crippen molar-refractivity contribution in [3.8, 4) is 5.75 Å². The van der Waals surface area contributed by atoms with Crippen molar-refractivity contribution in [1.29, 1.82) is 0 Å². The highest BCUT2D eigenvalue weighted by Gasteiger charge is 2.22. The van der Waals surface area contributed by atoms with Crippen LogP contribution in [-0.2, 0) is 23.3 Å². The highest BCUT2D eigenvalue weighted by molar-refractivity contribution is 14.0. The number of ether oxygens (including phenoxy) is 2. The number of benzene rings is 2. The smallest absolute Gasteiger partial charge is 0.191 e. The molecular weight excluding hydrogens is 491 g/mol. The molecule has 0 bridgehead atoms. The summed E-state index contributed by atoms with van der Waals surface area (Å²) in [5.74, 6) is 0.623. The zero-order chi connectivity index (χ0) is 20.1. The Kier molecular flexibility index (Phi) is 8.21. The third-order valence-corrected chi connectivity index (χ3v) is 4.73. The number of hydrogen-bond acceptors (Lipinski definition) is 3. The topological polar surface area (TPSA) is 54.9 Å². The largest absolute Gasteiger partial charge is 0.467 e. The normalized spacial score (nSPS) is 13.8. The lowest BCUT2D eigenvalue weighted by molar-refractivity contribution is -0.0172. The van der Waals surface area contributed by atoms with Crippen molar-refractivity contribution in [3.63, 3.8) is 0 Å². The van der Waals surface area contributed by atoms with E-state index in [1.165, 1.54) is 24.3 Å². The predicted molar refractivity (Wildman–Crippen MR) is 120 cm³/mol. The lowest BCUT2D eigenvalue weighted by atomic mass is 9.84. The minimum absolute atomic E-state index is 0. The van der Waals surface area contributed by atoms with Crippen molar-refractivity contribution >= 4 is 29.9 Å². The molecule has 0 aliphatic carbocycles. The van der Waals surface area contributed by atoms with Crippen LogP contribution < -0.4 is 15.4 Å². The molecule has 2 aromatic rings. The van der Waals surface area contributed by atoms with Gasteiger partial charge in [-0.25, -0.2) is 8.78 Å². The highest BCUT2D eigenvalue weighted by atomic mass is 127. The van der Waals surface area contributed by atoms with Crippen molar-refractivity contribution < 1.29 is 18.3 Å². The van der Waals surface area contributed by atoms with Crippen molar-refractivity contribution in [2.24, 2.45) is 4.99 Å². The highest BCUT2D eigenvalue weighted by Crippen LogP contribution is 2.29. The second-order valence-corrected chi connectivity index (χ2v) is 7.34. The van der Waals surface area contributed by atoms with Gasteiger partial charge in [-0.2, -0.15) is 0 Å². The SMILES string of the molecule is CN=C(NCc1cc(F)cc2c1OCOC2)NCC(C)(C)c1cccc(F)c1.I. The molecule has 1 aliphatic rings. The number of nitrogens with one attached hydrogen (secondary N) is 2. The number of guanidine groups is 1. The predicted octanol–water partition coefficient (Wildman–Crippen LogP) is 4.09. The van der Waals surface area contributed by atoms with Gasteiger partial charge >= 0.3 is 0 Å². The van der Waals surface area contributed by atoms with Crippen LogP contribution in [0.4, 0.5) is 8.78 Å². The molecule has 0 amide bonds. The summed E-state index contributed by atoms with van der Waals surface area (Å²) in [4.78, 5) is 4.21. The van der Waals surface area contributed by atoms with Crippen molar-refractivity contribution in [2.45, 2.75) is 32.4 Å². The van der Waals surface area contributed by atoms with E-state index in [9.17, 15) is 8.78 Å². The zero-order valence-corrected chi connectivity index (χ0v) is 19.1. The van der Waals surface area contributed by atoms with E-state index >= 15 is 0 Å². The van der Waals surface area contributed by atoms with E-state index in [1.807, 2.05) is 19.9 Å². The van der Waals surface area contributed by atoms with Gasteiger partial charge in [-0.05, 0) is 29.8 Å². The number of nitrogens with zero attached hydrogens (tertiary/aromatic N) is 1. The van der Waals surface area contributed by atoms with Gasteiger partial charge in [-0.15, -0.1) is 24.0 Å². The number of hydrogen-bond donors (Lipinski definition) is 2. The first-order chi connectivity index (χ1) is 13.4. The Labute approximate surface area is 186 Å². The molecule has 3 rings (SSSR count). The average Bonchev–Trinajstić information content (AvgIpc) is 2.67. The fraction of sp³-hybridized carbons (Fsp3) is 0.381. The molecule has 0 fully saturated rings. The number of rotatable bonds is 5. The number of fused-ring (bicyclic) bond motifs is 1. The Balaban J connectivity index is 0.00000300. The Bertz CT molecular complexity index is 875. The van der Waals surface area contributed by atoms with Crippen LogP contribution in [0, 0.1) is 11.6 Å². The maximum Gasteiger partial charge on any atom is 0.191 e. The van der Waals surface area contributed by atoms with Crippen LogP contribution >= 0.6 is 24.0 Å². The second-order valence-electron chi connectivity index (χ2n) is 7.34. The Morgan fingerprint density at radius 1 is 1.14 bits per heavy atom. The van der Waals surface area contributed by atoms with Crippen molar-refractivity contribution in [1.82, 2.24) is 10.6 Å². The summed E-state index contributed by atoms with van der Waals surface area (Å²) in [6, 6.07) is 9.44. The molecule has 158 valence electrons. The summed E-state index contributed by atoms with van der Waals surface area (Å²) in [5.41, 5.74) is 1.98. The van der Waals surface area contributed by atoms with Gasteiger partial charge in [0, 0.05) is 36.7 Å². The molecule has 0 atom stereocenters. The van der Waals surface area contributed by atoms with Gasteiger partial charge in [0.15, 0.2) is 12.8 Å². The maximum atomic E-state index is 13.9. The summed E-state index contributed by atoms with van der Waals surface area (Å²) >= 11 is 0. The first kappa shape index (κ1) is 23.3. The molecule has 0 saturated carbocycles. The molecular formula is C21H26F2IN3O2. The minimum Gasteiger partial charge on any atom is -0.467 e. The lowest BCUT2D eigenvalue weighted by Gasteiger charge is -2.27. The number of aliphatic imine (C=N–C) groups is 1. The lowest BCUT2D eigenvalue weighted by Crippen LogP contribution is -2.43. The second kappa shape index (κ2) is 10.2. The van der Waals surface area contributed by atoms with Gasteiger partial charge in [-0.1, -0.05) is 26.0 Å². The molecule has 1 aliphatic heterocycles. The molecule has 0 saturated heterocycles. The Morgan fingerprint density at radius 2 is 1.93 bits per heavy atom. The van der Waals surface area contributed by atoms with E-state index in [0.29, 0.717) is 42.5 Å². The zero-order valence-electron chi connectivity index (χ0n) is 16.7. The summed E-state index contributed by atoms with van der Waals surface area (Å²) in [7, 11) is 1.66. The van der Waals surface area contributed by atoms with Gasteiger partial charge in [0.1, 0.15) is 17.4 Å². The fourth-order valence-electron chi connectivity index (χ4n) is 3.10. The molecule has 0 spiro atoms. The van der Waals surface area contributed by atoms with Crippen LogP contribution in [0.5, 0.6) is 5.75 Å². The van der Waals surface area contributed by atoms with E-state index in [-0.39, 0.29) is 47.8 Å². The quantitative estimate of drug-likeness (QED) is 0.357. The van der Waals surface area contributed by atoms with E-state index in [4.69, 9.17) is 9.47 Å². The van der Waals surface area contributed by atoms with Crippen LogP contribution in [0.1, 0.15) is 30.5 Å². The molecule has 0 unspecified atom stereocenters. The average molecular weight is 517 g/mol. The summed E-state index contributed by atoms with van der Waals surface area (Å²) in [5, 5.41) is 6.43. The standard InChI is InChI=1S/C21H25F2N3O2.HI/c1-21(2,16-5-4-6-17(22)9-16)12-26-20(24-3)25-10-14-7-18(23)8-15-11-27-13-28-19(14)15;/h4-9H,10-13H2,1-3H3,(H2,24,25,26);1H. The molecule has 2 aromatic carbocycles. The first-order valence-electron chi connectivity index (χ1n) is 9.11. The van der Waals surface area contributed by atoms with Crippen LogP contribution in [0.15, 0.2) is 41.4 Å². The van der Waals surface area contributed by atoms with Crippen LogP contribution in [-0.4, -0.2) is 26.3 Å². The first-order valence-corrected chi connectivity index (χ1v) is 9.11. The van der Waals surface area contributed by atoms with Gasteiger partial charge in [0.25, 0.3) is 0 Å².